The molecule has 0 aliphatic heterocycles. The molecule has 1 aromatic carbocycles. The highest BCUT2D eigenvalue weighted by Gasteiger charge is 2.29. The van der Waals surface area contributed by atoms with E-state index in [1.165, 1.54) is 0 Å². The molecule has 4 nitrogen and oxygen atoms in total. The van der Waals surface area contributed by atoms with E-state index in [0.29, 0.717) is 29.5 Å². The molecule has 0 aromatic heterocycles. The van der Waals surface area contributed by atoms with Crippen LogP contribution in [0, 0.1) is 5.92 Å². The summed E-state index contributed by atoms with van der Waals surface area (Å²) in [4.78, 5) is 0.310. The van der Waals surface area contributed by atoms with Crippen molar-refractivity contribution in [3.63, 3.8) is 0 Å². The van der Waals surface area contributed by atoms with Gasteiger partial charge < -0.3 is 10.5 Å². The Hall–Kier alpha value is -1.07. The van der Waals surface area contributed by atoms with Crippen molar-refractivity contribution < 1.29 is 13.2 Å². The largest absolute Gasteiger partial charge is 0.489 e. The lowest BCUT2D eigenvalue weighted by Gasteiger charge is -2.21. The summed E-state index contributed by atoms with van der Waals surface area (Å²) >= 11 is 0. The second-order valence-electron chi connectivity index (χ2n) is 5.35. The lowest BCUT2D eigenvalue weighted by Crippen LogP contribution is -2.28. The van der Waals surface area contributed by atoms with E-state index in [4.69, 9.17) is 10.5 Å². The van der Waals surface area contributed by atoms with Crippen LogP contribution in [0.5, 0.6) is 5.75 Å². The summed E-state index contributed by atoms with van der Waals surface area (Å²) in [5.74, 6) is 0.960. The first-order valence-corrected chi connectivity index (χ1v) is 8.92. The minimum Gasteiger partial charge on any atom is -0.489 e. The maximum Gasteiger partial charge on any atom is 0.182 e. The molecule has 1 saturated carbocycles. The van der Waals surface area contributed by atoms with E-state index in [1.807, 2.05) is 13.0 Å². The fourth-order valence-corrected chi connectivity index (χ4v) is 4.24. The van der Waals surface area contributed by atoms with Crippen molar-refractivity contribution in [3.05, 3.63) is 24.3 Å². The number of hydrogen-bond donors (Lipinski definition) is 1. The molecule has 0 heterocycles. The molecule has 1 aromatic rings. The maximum absolute atomic E-state index is 12.3. The molecule has 5 heteroatoms. The van der Waals surface area contributed by atoms with Crippen molar-refractivity contribution in [2.24, 2.45) is 11.7 Å². The van der Waals surface area contributed by atoms with Crippen LogP contribution in [0.3, 0.4) is 0 Å². The molecule has 1 fully saturated rings. The third-order valence-electron chi connectivity index (χ3n) is 3.83. The smallest absolute Gasteiger partial charge is 0.182 e. The number of hydrogen-bond acceptors (Lipinski definition) is 4. The van der Waals surface area contributed by atoms with Crippen molar-refractivity contribution in [1.29, 1.82) is 0 Å². The van der Waals surface area contributed by atoms with Gasteiger partial charge in [-0.2, -0.15) is 0 Å². The molecule has 1 aliphatic carbocycles. The molecule has 20 heavy (non-hydrogen) atoms. The minimum atomic E-state index is -3.26. The number of sulfone groups is 1. The van der Waals surface area contributed by atoms with Gasteiger partial charge in [-0.15, -0.1) is 0 Å². The molecule has 0 saturated heterocycles. The fraction of sp³-hybridized carbons (Fsp3) is 0.600. The Balaban J connectivity index is 2.24. The summed E-state index contributed by atoms with van der Waals surface area (Å²) in [6.45, 7) is 2.46. The Kier molecular flexibility index (Phi) is 5.05. The average Bonchev–Trinajstić information content (AvgIpc) is 2.86. The standard InChI is InChI=1S/C15H23NO3S/c1-2-10-20(17,18)15-9-4-3-7-14(15)19-13-8-5-6-12(13)11-16/h3-4,7,9,12-13H,2,5-6,8,10-11,16H2,1H3. The molecule has 1 aliphatic rings. The highest BCUT2D eigenvalue weighted by molar-refractivity contribution is 7.91. The van der Waals surface area contributed by atoms with Crippen LogP contribution in [0.15, 0.2) is 29.2 Å². The van der Waals surface area contributed by atoms with Gasteiger partial charge in [-0.3, -0.25) is 0 Å². The first kappa shape index (κ1) is 15.3. The van der Waals surface area contributed by atoms with Crippen molar-refractivity contribution in [3.8, 4) is 5.75 Å². The van der Waals surface area contributed by atoms with Crippen LogP contribution in [0.4, 0.5) is 0 Å². The Morgan fingerprint density at radius 2 is 2.05 bits per heavy atom. The first-order chi connectivity index (χ1) is 9.58. The average molecular weight is 297 g/mol. The fourth-order valence-electron chi connectivity index (χ4n) is 2.77. The van der Waals surface area contributed by atoms with Crippen LogP contribution in [-0.4, -0.2) is 26.8 Å². The van der Waals surface area contributed by atoms with Gasteiger partial charge in [0.15, 0.2) is 9.84 Å². The number of nitrogens with two attached hydrogens (primary N) is 1. The second kappa shape index (κ2) is 6.59. The first-order valence-electron chi connectivity index (χ1n) is 7.27. The van der Waals surface area contributed by atoms with Crippen LogP contribution in [0.1, 0.15) is 32.6 Å². The molecule has 0 radical (unpaired) electrons. The maximum atomic E-state index is 12.3. The Morgan fingerprint density at radius 1 is 1.30 bits per heavy atom. The summed E-state index contributed by atoms with van der Waals surface area (Å²) in [5.41, 5.74) is 5.75. The van der Waals surface area contributed by atoms with E-state index in [2.05, 4.69) is 0 Å². The monoisotopic (exact) mass is 297 g/mol. The summed E-state index contributed by atoms with van der Waals surface area (Å²) < 4.78 is 30.5. The quantitative estimate of drug-likeness (QED) is 0.875. The van der Waals surface area contributed by atoms with E-state index >= 15 is 0 Å². The Labute approximate surface area is 121 Å². The summed E-state index contributed by atoms with van der Waals surface area (Å²) in [5, 5.41) is 0. The number of rotatable bonds is 6. The zero-order chi connectivity index (χ0) is 14.6. The van der Waals surface area contributed by atoms with Crippen LogP contribution in [0.25, 0.3) is 0 Å². The molecule has 0 amide bonds. The van der Waals surface area contributed by atoms with Crippen molar-refractivity contribution in [2.75, 3.05) is 12.3 Å². The third-order valence-corrected chi connectivity index (χ3v) is 5.78. The molecule has 2 N–H and O–H groups in total. The molecule has 0 spiro atoms. The zero-order valence-corrected chi connectivity index (χ0v) is 12.7. The van der Waals surface area contributed by atoms with Crippen LogP contribution in [0.2, 0.25) is 0 Å². The third kappa shape index (κ3) is 3.33. The molecular weight excluding hydrogens is 274 g/mol. The van der Waals surface area contributed by atoms with Crippen LogP contribution in [-0.2, 0) is 9.84 Å². The van der Waals surface area contributed by atoms with Crippen molar-refractivity contribution in [2.45, 2.75) is 43.6 Å². The van der Waals surface area contributed by atoms with Gasteiger partial charge in [0.2, 0.25) is 0 Å². The molecule has 0 bridgehead atoms. The predicted octanol–water partition coefficient (Wildman–Crippen LogP) is 2.38. The highest BCUT2D eigenvalue weighted by atomic mass is 32.2. The van der Waals surface area contributed by atoms with Gasteiger partial charge >= 0.3 is 0 Å². The second-order valence-corrected chi connectivity index (χ2v) is 7.43. The number of benzene rings is 1. The minimum absolute atomic E-state index is 0.0398. The Morgan fingerprint density at radius 3 is 2.75 bits per heavy atom. The lowest BCUT2D eigenvalue weighted by atomic mass is 10.1. The van der Waals surface area contributed by atoms with Gasteiger partial charge in [0.1, 0.15) is 16.7 Å². The molecule has 2 rings (SSSR count). The molecule has 2 unspecified atom stereocenters. The van der Waals surface area contributed by atoms with Gasteiger partial charge in [-0.05, 0) is 44.4 Å². The van der Waals surface area contributed by atoms with Gasteiger partial charge in [-0.25, -0.2) is 8.42 Å². The lowest BCUT2D eigenvalue weighted by molar-refractivity contribution is 0.158. The summed E-state index contributed by atoms with van der Waals surface area (Å²) in [7, 11) is -3.26. The Bertz CT molecular complexity index is 542. The molecule has 2 atom stereocenters. The van der Waals surface area contributed by atoms with Crippen LogP contribution >= 0.6 is 0 Å². The van der Waals surface area contributed by atoms with E-state index in [0.717, 1.165) is 19.3 Å². The van der Waals surface area contributed by atoms with Crippen LogP contribution < -0.4 is 10.5 Å². The zero-order valence-electron chi connectivity index (χ0n) is 11.9. The van der Waals surface area contributed by atoms with Gasteiger partial charge in [-0.1, -0.05) is 19.1 Å². The highest BCUT2D eigenvalue weighted by Crippen LogP contribution is 2.32. The summed E-state index contributed by atoms with van der Waals surface area (Å²) in [6, 6.07) is 6.93. The topological polar surface area (TPSA) is 69.4 Å². The van der Waals surface area contributed by atoms with E-state index < -0.39 is 9.84 Å². The van der Waals surface area contributed by atoms with E-state index in [9.17, 15) is 8.42 Å². The molecular formula is C15H23NO3S. The van der Waals surface area contributed by atoms with Gasteiger partial charge in [0.05, 0.1) is 5.75 Å². The predicted molar refractivity (Wildman–Crippen MR) is 79.6 cm³/mol. The SMILES string of the molecule is CCCS(=O)(=O)c1ccccc1OC1CCCC1CN. The summed E-state index contributed by atoms with van der Waals surface area (Å²) in [6.07, 6.45) is 3.75. The van der Waals surface area contributed by atoms with Crippen molar-refractivity contribution >= 4 is 9.84 Å². The van der Waals surface area contributed by atoms with E-state index in [1.54, 1.807) is 18.2 Å². The van der Waals surface area contributed by atoms with Crippen molar-refractivity contribution in [1.82, 2.24) is 0 Å². The molecule has 112 valence electrons. The number of para-hydroxylation sites is 1. The van der Waals surface area contributed by atoms with E-state index in [-0.39, 0.29) is 11.9 Å². The normalized spacial score (nSPS) is 22.9. The van der Waals surface area contributed by atoms with Gasteiger partial charge in [0.25, 0.3) is 0 Å². The van der Waals surface area contributed by atoms with Gasteiger partial charge in [0, 0.05) is 5.92 Å². The number of ether oxygens (including phenoxy) is 1.